The van der Waals surface area contributed by atoms with E-state index in [0.29, 0.717) is 22.6 Å². The lowest BCUT2D eigenvalue weighted by molar-refractivity contribution is -0.384. The third-order valence-corrected chi connectivity index (χ3v) is 4.94. The van der Waals surface area contributed by atoms with Crippen LogP contribution >= 0.6 is 11.8 Å². The van der Waals surface area contributed by atoms with Crippen LogP contribution in [0.15, 0.2) is 53.4 Å². The predicted octanol–water partition coefficient (Wildman–Crippen LogP) is 3.85. The molecule has 0 bridgehead atoms. The summed E-state index contributed by atoms with van der Waals surface area (Å²) < 4.78 is 5.08. The molecule has 2 aromatic rings. The number of Topliss-reactive ketones (excluding diaryl/α,β-unsaturated/α-hetero) is 1. The second-order valence-electron chi connectivity index (χ2n) is 6.02. The van der Waals surface area contributed by atoms with Crippen LogP contribution in [0.1, 0.15) is 30.6 Å². The normalized spacial score (nSPS) is 11.4. The van der Waals surface area contributed by atoms with Gasteiger partial charge in [-0.15, -0.1) is 11.8 Å². The Labute approximate surface area is 171 Å². The highest BCUT2D eigenvalue weighted by Gasteiger charge is 2.18. The number of benzene rings is 2. The smallest absolute Gasteiger partial charge is 0.319 e. The van der Waals surface area contributed by atoms with Gasteiger partial charge in [0.05, 0.1) is 4.92 Å². The molecule has 0 spiro atoms. The lowest BCUT2D eigenvalue weighted by atomic mass is 10.1. The number of nitro groups is 1. The Hall–Kier alpha value is -3.20. The number of hydrogen-bond donors (Lipinski definition) is 1. The topological polar surface area (TPSA) is 116 Å². The largest absolute Gasteiger partial charge is 0.456 e. The van der Waals surface area contributed by atoms with Crippen molar-refractivity contribution < 1.29 is 24.0 Å². The van der Waals surface area contributed by atoms with Crippen molar-refractivity contribution in [1.29, 1.82) is 0 Å². The number of nitrogens with zero attached hydrogens (tertiary/aromatic N) is 1. The number of carbonyl (C=O) groups is 3. The summed E-state index contributed by atoms with van der Waals surface area (Å²) in [5.74, 6) is -1.05. The van der Waals surface area contributed by atoms with E-state index in [1.807, 2.05) is 0 Å². The number of nitro benzene ring substituents is 1. The number of esters is 1. The van der Waals surface area contributed by atoms with E-state index in [-0.39, 0.29) is 17.4 Å². The van der Waals surface area contributed by atoms with Gasteiger partial charge in [0.2, 0.25) is 5.91 Å². The molecule has 0 unspecified atom stereocenters. The molecule has 0 fully saturated rings. The monoisotopic (exact) mass is 416 g/mol. The van der Waals surface area contributed by atoms with Gasteiger partial charge in [-0.2, -0.15) is 0 Å². The second kappa shape index (κ2) is 10.4. The summed E-state index contributed by atoms with van der Waals surface area (Å²) in [6.07, 6.45) is 0.354. The first-order valence-corrected chi connectivity index (χ1v) is 9.69. The van der Waals surface area contributed by atoms with Crippen LogP contribution in [0.5, 0.6) is 0 Å². The Balaban J connectivity index is 1.84. The summed E-state index contributed by atoms with van der Waals surface area (Å²) in [6.45, 7) is 2.97. The maximum atomic E-state index is 12.2. The van der Waals surface area contributed by atoms with Crippen LogP contribution in [-0.2, 0) is 14.3 Å². The fourth-order valence-corrected chi connectivity index (χ4v) is 3.09. The van der Waals surface area contributed by atoms with E-state index >= 15 is 0 Å². The second-order valence-corrected chi connectivity index (χ2v) is 7.44. The van der Waals surface area contributed by atoms with E-state index in [1.54, 1.807) is 50.2 Å². The first-order chi connectivity index (χ1) is 13.8. The third-order valence-electron chi connectivity index (χ3n) is 3.85. The van der Waals surface area contributed by atoms with Crippen LogP contribution in [0, 0.1) is 10.1 Å². The number of ether oxygens (including phenoxy) is 1. The molecule has 1 atom stereocenters. The predicted molar refractivity (Wildman–Crippen MR) is 109 cm³/mol. The van der Waals surface area contributed by atoms with Crippen molar-refractivity contribution in [3.05, 3.63) is 64.2 Å². The highest BCUT2D eigenvalue weighted by molar-refractivity contribution is 8.00. The van der Waals surface area contributed by atoms with Crippen LogP contribution in [0.3, 0.4) is 0 Å². The molecule has 0 radical (unpaired) electrons. The number of hydrogen-bond acceptors (Lipinski definition) is 7. The van der Waals surface area contributed by atoms with Crippen LogP contribution < -0.4 is 5.32 Å². The molecular weight excluding hydrogens is 396 g/mol. The van der Waals surface area contributed by atoms with Crippen LogP contribution in [-0.4, -0.2) is 34.4 Å². The molecule has 29 heavy (non-hydrogen) atoms. The number of non-ortho nitro benzene ring substituents is 1. The number of rotatable bonds is 9. The number of anilines is 1. The molecule has 0 heterocycles. The molecule has 0 aliphatic rings. The molecule has 0 aliphatic heterocycles. The van der Waals surface area contributed by atoms with Gasteiger partial charge in [0, 0.05) is 34.7 Å². The molecular formula is C20H20N2O6S. The minimum absolute atomic E-state index is 0.0320. The third kappa shape index (κ3) is 6.72. The van der Waals surface area contributed by atoms with E-state index in [4.69, 9.17) is 4.74 Å². The quantitative estimate of drug-likeness (QED) is 0.217. The SMILES string of the molecule is CCC(=O)Nc1ccc(C(=O)COC(=O)[C@H](C)Sc2ccc([N+](=O)[O-])cc2)cc1. The van der Waals surface area contributed by atoms with Crippen molar-refractivity contribution >= 4 is 40.8 Å². The molecule has 1 amide bonds. The number of thioether (sulfide) groups is 1. The lowest BCUT2D eigenvalue weighted by Crippen LogP contribution is -2.21. The zero-order valence-electron chi connectivity index (χ0n) is 15.9. The molecule has 0 saturated carbocycles. The summed E-state index contributed by atoms with van der Waals surface area (Å²) in [5, 5.41) is 12.8. The molecule has 2 aromatic carbocycles. The van der Waals surface area contributed by atoms with E-state index in [1.165, 1.54) is 23.9 Å². The van der Waals surface area contributed by atoms with E-state index in [9.17, 15) is 24.5 Å². The zero-order chi connectivity index (χ0) is 21.4. The van der Waals surface area contributed by atoms with Gasteiger partial charge in [-0.05, 0) is 43.3 Å². The van der Waals surface area contributed by atoms with Gasteiger partial charge in [-0.3, -0.25) is 24.5 Å². The van der Waals surface area contributed by atoms with E-state index < -0.39 is 22.7 Å². The summed E-state index contributed by atoms with van der Waals surface area (Å²) in [6, 6.07) is 12.1. The summed E-state index contributed by atoms with van der Waals surface area (Å²) in [7, 11) is 0. The number of ketones is 1. The van der Waals surface area contributed by atoms with Gasteiger partial charge in [-0.25, -0.2) is 0 Å². The van der Waals surface area contributed by atoms with Crippen molar-refractivity contribution in [2.24, 2.45) is 0 Å². The van der Waals surface area contributed by atoms with Crippen LogP contribution in [0.4, 0.5) is 11.4 Å². The van der Waals surface area contributed by atoms with Gasteiger partial charge < -0.3 is 10.1 Å². The van der Waals surface area contributed by atoms with Crippen molar-refractivity contribution in [2.45, 2.75) is 30.4 Å². The van der Waals surface area contributed by atoms with Crippen molar-refractivity contribution in [3.63, 3.8) is 0 Å². The molecule has 0 saturated heterocycles. The van der Waals surface area contributed by atoms with Crippen LogP contribution in [0.25, 0.3) is 0 Å². The Kier molecular flexibility index (Phi) is 7.90. The Morgan fingerprint density at radius 1 is 1.10 bits per heavy atom. The van der Waals surface area contributed by atoms with Crippen molar-refractivity contribution in [3.8, 4) is 0 Å². The fourth-order valence-electron chi connectivity index (χ4n) is 2.22. The molecule has 9 heteroatoms. The Morgan fingerprint density at radius 3 is 2.28 bits per heavy atom. The summed E-state index contributed by atoms with van der Waals surface area (Å²) >= 11 is 1.18. The van der Waals surface area contributed by atoms with Gasteiger partial charge in [0.1, 0.15) is 5.25 Å². The maximum Gasteiger partial charge on any atom is 0.319 e. The lowest BCUT2D eigenvalue weighted by Gasteiger charge is -2.11. The average Bonchev–Trinajstić information content (AvgIpc) is 2.72. The van der Waals surface area contributed by atoms with Gasteiger partial charge in [0.15, 0.2) is 12.4 Å². The summed E-state index contributed by atoms with van der Waals surface area (Å²) in [5.41, 5.74) is 0.914. The van der Waals surface area contributed by atoms with Gasteiger partial charge >= 0.3 is 5.97 Å². The first kappa shape index (κ1) is 22.1. The number of carbonyl (C=O) groups excluding carboxylic acids is 3. The maximum absolute atomic E-state index is 12.2. The molecule has 1 N–H and O–H groups in total. The zero-order valence-corrected chi connectivity index (χ0v) is 16.7. The van der Waals surface area contributed by atoms with Crippen LogP contribution in [0.2, 0.25) is 0 Å². The molecule has 0 aliphatic carbocycles. The van der Waals surface area contributed by atoms with E-state index in [0.717, 1.165) is 0 Å². The Bertz CT molecular complexity index is 896. The molecule has 152 valence electrons. The van der Waals surface area contributed by atoms with Crippen molar-refractivity contribution in [2.75, 3.05) is 11.9 Å². The van der Waals surface area contributed by atoms with E-state index in [2.05, 4.69) is 5.32 Å². The Morgan fingerprint density at radius 2 is 1.72 bits per heavy atom. The minimum Gasteiger partial charge on any atom is -0.456 e. The molecule has 8 nitrogen and oxygen atoms in total. The number of nitrogens with one attached hydrogen (secondary N) is 1. The molecule has 2 rings (SSSR count). The fraction of sp³-hybridized carbons (Fsp3) is 0.250. The standard InChI is InChI=1S/C20H20N2O6S/c1-3-19(24)21-15-6-4-14(5-7-15)18(23)12-28-20(25)13(2)29-17-10-8-16(9-11-17)22(26)27/h4-11,13H,3,12H2,1-2H3,(H,21,24)/t13-/m0/s1. The van der Waals surface area contributed by atoms with Gasteiger partial charge in [0.25, 0.3) is 5.69 Å². The van der Waals surface area contributed by atoms with Crippen molar-refractivity contribution in [1.82, 2.24) is 0 Å². The number of amides is 1. The highest BCUT2D eigenvalue weighted by Crippen LogP contribution is 2.26. The van der Waals surface area contributed by atoms with Gasteiger partial charge in [-0.1, -0.05) is 6.92 Å². The summed E-state index contributed by atoms with van der Waals surface area (Å²) in [4.78, 5) is 46.5. The average molecular weight is 416 g/mol. The minimum atomic E-state index is -0.587. The first-order valence-electron chi connectivity index (χ1n) is 8.81. The molecule has 0 aromatic heterocycles. The highest BCUT2D eigenvalue weighted by atomic mass is 32.2.